The average molecular weight is 384 g/mol. The number of benzene rings is 2. The lowest BCUT2D eigenvalue weighted by Gasteiger charge is -2.42. The van der Waals surface area contributed by atoms with Crippen LogP contribution in [0.2, 0.25) is 0 Å². The number of hydrogen-bond acceptors (Lipinski definition) is 4. The van der Waals surface area contributed by atoms with Crippen LogP contribution < -0.4 is 10.1 Å². The normalized spacial score (nSPS) is 23.4. The number of morpholine rings is 1. The fourth-order valence-electron chi connectivity index (χ4n) is 3.98. The molecule has 0 bridgehead atoms. The Balaban J connectivity index is 1.55. The summed E-state index contributed by atoms with van der Waals surface area (Å²) in [5.74, 6) is 0.109. The number of carbonyl (C=O) groups is 1. The van der Waals surface area contributed by atoms with E-state index in [2.05, 4.69) is 16.3 Å². The molecule has 1 amide bonds. The average Bonchev–Trinajstić information content (AvgIpc) is 2.74. The fraction of sp³-hybridized carbons (Fsp3) is 0.409. The molecule has 2 heterocycles. The molecule has 148 valence electrons. The van der Waals surface area contributed by atoms with E-state index < -0.39 is 0 Å². The van der Waals surface area contributed by atoms with Crippen molar-refractivity contribution in [2.24, 2.45) is 0 Å². The first kappa shape index (κ1) is 18.9. The molecule has 28 heavy (non-hydrogen) atoms. The third-order valence-electron chi connectivity index (χ3n) is 5.57. The van der Waals surface area contributed by atoms with Gasteiger partial charge >= 0.3 is 0 Å². The molecule has 5 nitrogen and oxygen atoms in total. The highest BCUT2D eigenvalue weighted by Gasteiger charge is 2.37. The molecule has 2 aromatic carbocycles. The van der Waals surface area contributed by atoms with Gasteiger partial charge in [-0.3, -0.25) is 9.69 Å². The second-order valence-electron chi connectivity index (χ2n) is 7.33. The highest BCUT2D eigenvalue weighted by atomic mass is 19.1. The minimum Gasteiger partial charge on any atom is -0.491 e. The van der Waals surface area contributed by atoms with Gasteiger partial charge in [-0.1, -0.05) is 30.3 Å². The van der Waals surface area contributed by atoms with Crippen LogP contribution in [0.15, 0.2) is 48.5 Å². The van der Waals surface area contributed by atoms with Gasteiger partial charge in [0, 0.05) is 18.7 Å². The van der Waals surface area contributed by atoms with E-state index in [1.165, 1.54) is 12.1 Å². The van der Waals surface area contributed by atoms with Crippen LogP contribution in [0.4, 0.5) is 4.39 Å². The number of nitrogens with one attached hydrogen (secondary N) is 1. The molecule has 1 N–H and O–H groups in total. The first-order chi connectivity index (χ1) is 13.6. The molecule has 1 saturated heterocycles. The topological polar surface area (TPSA) is 50.8 Å². The molecule has 0 spiro atoms. The first-order valence-corrected chi connectivity index (χ1v) is 9.73. The second kappa shape index (κ2) is 8.29. The van der Waals surface area contributed by atoms with E-state index in [0.717, 1.165) is 30.0 Å². The molecule has 3 atom stereocenters. The van der Waals surface area contributed by atoms with Gasteiger partial charge in [-0.05, 0) is 30.7 Å². The van der Waals surface area contributed by atoms with Crippen molar-refractivity contribution in [2.45, 2.75) is 24.9 Å². The number of nitrogens with zero attached hydrogens (tertiary/aromatic N) is 1. The third kappa shape index (κ3) is 3.88. The van der Waals surface area contributed by atoms with Crippen LogP contribution >= 0.6 is 0 Å². The summed E-state index contributed by atoms with van der Waals surface area (Å²) in [6.45, 7) is 5.26. The Bertz CT molecular complexity index is 821. The van der Waals surface area contributed by atoms with Crippen molar-refractivity contribution < 1.29 is 18.7 Å². The first-order valence-electron chi connectivity index (χ1n) is 9.73. The van der Waals surface area contributed by atoms with Crippen molar-refractivity contribution in [3.05, 3.63) is 65.5 Å². The maximum absolute atomic E-state index is 13.2. The molecular formula is C22H25FN2O3. The van der Waals surface area contributed by atoms with Gasteiger partial charge in [0.1, 0.15) is 18.2 Å². The van der Waals surface area contributed by atoms with Crippen molar-refractivity contribution >= 4 is 5.91 Å². The van der Waals surface area contributed by atoms with Gasteiger partial charge in [0.15, 0.2) is 0 Å². The van der Waals surface area contributed by atoms with Crippen molar-refractivity contribution in [3.63, 3.8) is 0 Å². The number of fused-ring (bicyclic) bond motifs is 1. The number of halogens is 1. The van der Waals surface area contributed by atoms with Gasteiger partial charge < -0.3 is 14.8 Å². The predicted octanol–water partition coefficient (Wildman–Crippen LogP) is 2.88. The quantitative estimate of drug-likeness (QED) is 0.881. The summed E-state index contributed by atoms with van der Waals surface area (Å²) in [6.07, 6.45) is 0. The smallest absolute Gasteiger partial charge is 0.227 e. The lowest BCUT2D eigenvalue weighted by Crippen LogP contribution is -2.54. The van der Waals surface area contributed by atoms with Crippen molar-refractivity contribution in [2.75, 3.05) is 32.9 Å². The monoisotopic (exact) mass is 384 g/mol. The highest BCUT2D eigenvalue weighted by molar-refractivity contribution is 5.83. The van der Waals surface area contributed by atoms with Gasteiger partial charge in [-0.2, -0.15) is 0 Å². The van der Waals surface area contributed by atoms with Crippen molar-refractivity contribution in [3.8, 4) is 5.75 Å². The molecule has 0 saturated carbocycles. The minimum absolute atomic E-state index is 0.0400. The van der Waals surface area contributed by atoms with Gasteiger partial charge in [0.05, 0.1) is 31.2 Å². The molecule has 2 aliphatic heterocycles. The SMILES string of the molecule is C[C@H](C(=O)N[C@@H]1COc2ccccc2[C@H]1N1CCOCC1)c1ccc(F)cc1. The van der Waals surface area contributed by atoms with Gasteiger partial charge in [0.2, 0.25) is 5.91 Å². The number of hydrogen-bond donors (Lipinski definition) is 1. The highest BCUT2D eigenvalue weighted by Crippen LogP contribution is 2.36. The van der Waals surface area contributed by atoms with Gasteiger partial charge in [-0.25, -0.2) is 4.39 Å². The van der Waals surface area contributed by atoms with E-state index >= 15 is 0 Å². The number of para-hydroxylation sites is 1. The molecule has 0 radical (unpaired) electrons. The summed E-state index contributed by atoms with van der Waals surface area (Å²) < 4.78 is 24.6. The lowest BCUT2D eigenvalue weighted by molar-refractivity contribution is -0.124. The number of amides is 1. The molecule has 0 unspecified atom stereocenters. The van der Waals surface area contributed by atoms with E-state index in [9.17, 15) is 9.18 Å². The molecule has 2 aliphatic rings. The van der Waals surface area contributed by atoms with E-state index in [1.54, 1.807) is 12.1 Å². The molecular weight excluding hydrogens is 359 g/mol. The van der Waals surface area contributed by atoms with Crippen LogP contribution in [0.3, 0.4) is 0 Å². The number of carbonyl (C=O) groups excluding carboxylic acids is 1. The lowest BCUT2D eigenvalue weighted by atomic mass is 9.93. The summed E-state index contributed by atoms with van der Waals surface area (Å²) in [5, 5.41) is 3.18. The largest absolute Gasteiger partial charge is 0.491 e. The summed E-state index contributed by atoms with van der Waals surface area (Å²) in [7, 11) is 0. The molecule has 0 aliphatic carbocycles. The summed E-state index contributed by atoms with van der Waals surface area (Å²) in [6, 6.07) is 14.0. The van der Waals surface area contributed by atoms with E-state index in [1.807, 2.05) is 25.1 Å². The van der Waals surface area contributed by atoms with Crippen molar-refractivity contribution in [1.82, 2.24) is 10.2 Å². The Labute approximate surface area is 164 Å². The molecule has 6 heteroatoms. The summed E-state index contributed by atoms with van der Waals surface area (Å²) >= 11 is 0. The van der Waals surface area contributed by atoms with Crippen LogP contribution in [-0.2, 0) is 9.53 Å². The summed E-state index contributed by atoms with van der Waals surface area (Å²) in [4.78, 5) is 15.3. The molecule has 0 aromatic heterocycles. The van der Waals surface area contributed by atoms with Crippen LogP contribution in [-0.4, -0.2) is 49.8 Å². The molecule has 1 fully saturated rings. The van der Waals surface area contributed by atoms with Crippen molar-refractivity contribution in [1.29, 1.82) is 0 Å². The standard InChI is InChI=1S/C22H25FN2O3/c1-15(16-6-8-17(23)9-7-16)22(26)24-19-14-28-20-5-3-2-4-18(20)21(19)25-10-12-27-13-11-25/h2-9,15,19,21H,10-14H2,1H3,(H,24,26)/t15-,19+,21+/m0/s1. The zero-order valence-electron chi connectivity index (χ0n) is 15.9. The Morgan fingerprint density at radius 1 is 1.14 bits per heavy atom. The minimum atomic E-state index is -0.372. The van der Waals surface area contributed by atoms with Gasteiger partial charge in [-0.15, -0.1) is 0 Å². The fourth-order valence-corrected chi connectivity index (χ4v) is 3.98. The van der Waals surface area contributed by atoms with Gasteiger partial charge in [0.25, 0.3) is 0 Å². The van der Waals surface area contributed by atoms with Crippen LogP contribution in [0, 0.1) is 5.82 Å². The molecule has 2 aromatic rings. The Morgan fingerprint density at radius 3 is 2.61 bits per heavy atom. The Kier molecular flexibility index (Phi) is 5.59. The Hall–Kier alpha value is -2.44. The Morgan fingerprint density at radius 2 is 1.86 bits per heavy atom. The second-order valence-corrected chi connectivity index (χ2v) is 7.33. The van der Waals surface area contributed by atoms with Crippen LogP contribution in [0.25, 0.3) is 0 Å². The number of ether oxygens (including phenoxy) is 2. The van der Waals surface area contributed by atoms with E-state index in [-0.39, 0.29) is 29.7 Å². The maximum Gasteiger partial charge on any atom is 0.227 e. The zero-order chi connectivity index (χ0) is 19.5. The third-order valence-corrected chi connectivity index (χ3v) is 5.57. The van der Waals surface area contributed by atoms with Crippen LogP contribution in [0.1, 0.15) is 30.0 Å². The number of rotatable bonds is 4. The maximum atomic E-state index is 13.2. The summed E-state index contributed by atoms with van der Waals surface area (Å²) in [5.41, 5.74) is 1.88. The van der Waals surface area contributed by atoms with E-state index in [0.29, 0.717) is 19.8 Å². The molecule has 4 rings (SSSR count). The predicted molar refractivity (Wildman–Crippen MR) is 104 cm³/mol. The van der Waals surface area contributed by atoms with E-state index in [4.69, 9.17) is 9.47 Å². The zero-order valence-corrected chi connectivity index (χ0v) is 15.9. The van der Waals surface area contributed by atoms with Crippen LogP contribution in [0.5, 0.6) is 5.75 Å².